The van der Waals surface area contributed by atoms with Crippen LogP contribution in [0.25, 0.3) is 0 Å². The van der Waals surface area contributed by atoms with Crippen molar-refractivity contribution < 1.29 is 0 Å². The van der Waals surface area contributed by atoms with Gasteiger partial charge in [0.1, 0.15) is 0 Å². The van der Waals surface area contributed by atoms with E-state index in [1.54, 1.807) is 11.1 Å². The molecule has 1 nitrogen and oxygen atoms in total. The molecular weight excluding hydrogens is 206 g/mol. The first kappa shape index (κ1) is 12.6. The molecule has 94 valence electrons. The lowest BCUT2D eigenvalue weighted by molar-refractivity contribution is 0.402. The molecule has 1 aromatic carbocycles. The lowest BCUT2D eigenvalue weighted by Gasteiger charge is -2.16. The largest absolute Gasteiger partial charge is 0.305 e. The zero-order valence-electron chi connectivity index (χ0n) is 11.8. The van der Waals surface area contributed by atoms with Gasteiger partial charge in [-0.1, -0.05) is 39.0 Å². The minimum atomic E-state index is 0.645. The molecule has 2 rings (SSSR count). The third-order valence-electron chi connectivity index (χ3n) is 3.78. The molecule has 1 aliphatic rings. The highest BCUT2D eigenvalue weighted by Gasteiger charge is 2.35. The highest BCUT2D eigenvalue weighted by molar-refractivity contribution is 5.39. The van der Waals surface area contributed by atoms with Crippen molar-refractivity contribution in [3.63, 3.8) is 0 Å². The number of nitrogens with zero attached hydrogens (tertiary/aromatic N) is 1. The fourth-order valence-electron chi connectivity index (χ4n) is 2.69. The van der Waals surface area contributed by atoms with E-state index >= 15 is 0 Å². The Hall–Kier alpha value is -0.820. The van der Waals surface area contributed by atoms with Crippen LogP contribution in [0.5, 0.6) is 0 Å². The molecule has 1 saturated carbocycles. The van der Waals surface area contributed by atoms with Crippen LogP contribution in [-0.4, -0.2) is 19.0 Å². The van der Waals surface area contributed by atoms with Crippen molar-refractivity contribution in [3.8, 4) is 0 Å². The average molecular weight is 231 g/mol. The molecule has 1 heteroatoms. The Morgan fingerprint density at radius 1 is 1.29 bits per heavy atom. The monoisotopic (exact) mass is 231 g/mol. The first-order chi connectivity index (χ1) is 7.99. The van der Waals surface area contributed by atoms with Crippen LogP contribution in [0.1, 0.15) is 55.7 Å². The molecule has 17 heavy (non-hydrogen) atoms. The van der Waals surface area contributed by atoms with Crippen LogP contribution in [-0.2, 0) is 6.54 Å². The number of hydrogen-bond acceptors (Lipinski definition) is 1. The van der Waals surface area contributed by atoms with Gasteiger partial charge in [-0.15, -0.1) is 0 Å². The lowest BCUT2D eigenvalue weighted by Crippen LogP contribution is -2.11. The molecule has 0 N–H and O–H groups in total. The van der Waals surface area contributed by atoms with Crippen LogP contribution < -0.4 is 0 Å². The zero-order valence-corrected chi connectivity index (χ0v) is 11.8. The second-order valence-corrected chi connectivity index (χ2v) is 6.18. The van der Waals surface area contributed by atoms with E-state index in [0.29, 0.717) is 5.92 Å². The van der Waals surface area contributed by atoms with E-state index < -0.39 is 0 Å². The summed E-state index contributed by atoms with van der Waals surface area (Å²) in [5.41, 5.74) is 4.63. The fraction of sp³-hybridized carbons (Fsp3) is 0.625. The van der Waals surface area contributed by atoms with Crippen LogP contribution >= 0.6 is 0 Å². The van der Waals surface area contributed by atoms with E-state index in [9.17, 15) is 0 Å². The molecule has 1 fully saturated rings. The standard InChI is InChI=1S/C16H25N/c1-11(2)14-7-6-13(10-17(4)5)9-16(14)15-8-12(15)3/h6-7,9,11-12,15H,8,10H2,1-5H3. The summed E-state index contributed by atoms with van der Waals surface area (Å²) in [6.07, 6.45) is 1.38. The molecule has 0 spiro atoms. The van der Waals surface area contributed by atoms with Crippen LogP contribution in [0.3, 0.4) is 0 Å². The van der Waals surface area contributed by atoms with Gasteiger partial charge in [0.05, 0.1) is 0 Å². The molecule has 1 aromatic rings. The van der Waals surface area contributed by atoms with Crippen molar-refractivity contribution >= 4 is 0 Å². The maximum atomic E-state index is 2.45. The molecule has 0 aromatic heterocycles. The van der Waals surface area contributed by atoms with Crippen molar-refractivity contribution in [1.82, 2.24) is 4.90 Å². The van der Waals surface area contributed by atoms with Crippen molar-refractivity contribution in [2.24, 2.45) is 5.92 Å². The van der Waals surface area contributed by atoms with Gasteiger partial charge in [0.15, 0.2) is 0 Å². The minimum Gasteiger partial charge on any atom is -0.305 e. The Balaban J connectivity index is 2.30. The summed E-state index contributed by atoms with van der Waals surface area (Å²) in [5, 5.41) is 0. The zero-order chi connectivity index (χ0) is 12.6. The van der Waals surface area contributed by atoms with Gasteiger partial charge in [0.25, 0.3) is 0 Å². The molecule has 0 bridgehead atoms. The summed E-state index contributed by atoms with van der Waals surface area (Å²) in [6, 6.07) is 7.10. The van der Waals surface area contributed by atoms with E-state index in [4.69, 9.17) is 0 Å². The number of hydrogen-bond donors (Lipinski definition) is 0. The summed E-state index contributed by atoms with van der Waals surface area (Å²) in [6.45, 7) is 8.02. The first-order valence-electron chi connectivity index (χ1n) is 6.76. The van der Waals surface area contributed by atoms with Gasteiger partial charge in [-0.05, 0) is 55.0 Å². The van der Waals surface area contributed by atoms with Gasteiger partial charge in [-0.3, -0.25) is 0 Å². The van der Waals surface area contributed by atoms with E-state index in [-0.39, 0.29) is 0 Å². The van der Waals surface area contributed by atoms with Gasteiger partial charge < -0.3 is 4.90 Å². The Morgan fingerprint density at radius 3 is 2.41 bits per heavy atom. The number of benzene rings is 1. The number of rotatable bonds is 4. The Labute approximate surface area is 106 Å². The molecule has 0 heterocycles. The summed E-state index contributed by atoms with van der Waals surface area (Å²) in [7, 11) is 4.27. The van der Waals surface area contributed by atoms with E-state index in [1.807, 2.05) is 0 Å². The topological polar surface area (TPSA) is 3.24 Å². The second-order valence-electron chi connectivity index (χ2n) is 6.18. The quantitative estimate of drug-likeness (QED) is 0.757. The minimum absolute atomic E-state index is 0.645. The molecule has 1 aliphatic carbocycles. The van der Waals surface area contributed by atoms with Gasteiger partial charge in [0, 0.05) is 6.54 Å². The molecule has 0 aliphatic heterocycles. The van der Waals surface area contributed by atoms with Crippen LogP contribution in [0.15, 0.2) is 18.2 Å². The Bertz CT molecular complexity index is 393. The van der Waals surface area contributed by atoms with Crippen molar-refractivity contribution in [3.05, 3.63) is 34.9 Å². The summed E-state index contributed by atoms with van der Waals surface area (Å²) in [5.74, 6) is 2.36. The maximum absolute atomic E-state index is 2.45. The van der Waals surface area contributed by atoms with E-state index in [0.717, 1.165) is 18.4 Å². The molecule has 2 atom stereocenters. The highest BCUT2D eigenvalue weighted by Crippen LogP contribution is 2.49. The van der Waals surface area contributed by atoms with Gasteiger partial charge in [-0.25, -0.2) is 0 Å². The van der Waals surface area contributed by atoms with Gasteiger partial charge in [-0.2, -0.15) is 0 Å². The van der Waals surface area contributed by atoms with Crippen LogP contribution in [0, 0.1) is 5.92 Å². The second kappa shape index (κ2) is 4.81. The van der Waals surface area contributed by atoms with Crippen LogP contribution in [0.4, 0.5) is 0 Å². The van der Waals surface area contributed by atoms with E-state index in [1.165, 1.54) is 12.0 Å². The predicted octanol–water partition coefficient (Wildman–Crippen LogP) is 4.00. The van der Waals surface area contributed by atoms with Gasteiger partial charge >= 0.3 is 0 Å². The maximum Gasteiger partial charge on any atom is 0.0227 e. The highest BCUT2D eigenvalue weighted by atomic mass is 15.0. The molecular formula is C16H25N. The summed E-state index contributed by atoms with van der Waals surface area (Å²) < 4.78 is 0. The molecule has 0 amide bonds. The molecule has 2 unspecified atom stereocenters. The molecule has 0 radical (unpaired) electrons. The van der Waals surface area contributed by atoms with Gasteiger partial charge in [0.2, 0.25) is 0 Å². The molecule has 0 saturated heterocycles. The average Bonchev–Trinajstić information content (AvgIpc) is 2.94. The van der Waals surface area contributed by atoms with Crippen LogP contribution in [0.2, 0.25) is 0 Å². The van der Waals surface area contributed by atoms with Crippen molar-refractivity contribution in [2.75, 3.05) is 14.1 Å². The Morgan fingerprint density at radius 2 is 1.94 bits per heavy atom. The SMILES string of the molecule is CC(C)c1ccc(CN(C)C)cc1C1CC1C. The third-order valence-corrected chi connectivity index (χ3v) is 3.78. The van der Waals surface area contributed by atoms with E-state index in [2.05, 4.69) is 58.0 Å². The predicted molar refractivity (Wildman–Crippen MR) is 74.4 cm³/mol. The third kappa shape index (κ3) is 2.90. The summed E-state index contributed by atoms with van der Waals surface area (Å²) >= 11 is 0. The van der Waals surface area contributed by atoms with Crippen molar-refractivity contribution in [1.29, 1.82) is 0 Å². The Kier molecular flexibility index (Phi) is 3.58. The first-order valence-corrected chi connectivity index (χ1v) is 6.76. The smallest absolute Gasteiger partial charge is 0.0227 e. The normalized spacial score (nSPS) is 23.5. The lowest BCUT2D eigenvalue weighted by atomic mass is 9.92. The van der Waals surface area contributed by atoms with Crippen molar-refractivity contribution in [2.45, 2.75) is 45.6 Å². The summed E-state index contributed by atoms with van der Waals surface area (Å²) in [4.78, 5) is 2.24. The fourth-order valence-corrected chi connectivity index (χ4v) is 2.69.